The molecule has 0 aromatic heterocycles. The molecule has 1 unspecified atom stereocenters. The van der Waals surface area contributed by atoms with E-state index in [2.05, 4.69) is 0 Å². The zero-order valence-corrected chi connectivity index (χ0v) is 11.3. The van der Waals surface area contributed by atoms with Crippen LogP contribution in [-0.2, 0) is 0 Å². The Hall–Kier alpha value is -1.63. The molecule has 1 aromatic carbocycles. The van der Waals surface area contributed by atoms with Crippen molar-refractivity contribution in [3.8, 4) is 10.7 Å². The zero-order valence-electron chi connectivity index (χ0n) is 9.62. The number of hydrogen-bond acceptors (Lipinski definition) is 3. The van der Waals surface area contributed by atoms with Gasteiger partial charge in [-0.3, -0.25) is 0 Å². The maximum atomic E-state index is 12.1. The van der Waals surface area contributed by atoms with Crippen LogP contribution in [0.25, 0.3) is 0 Å². The van der Waals surface area contributed by atoms with Crippen molar-refractivity contribution in [1.82, 2.24) is 0 Å². The number of aromatic hydroxyl groups is 1. The number of nitriles is 1. The summed E-state index contributed by atoms with van der Waals surface area (Å²) in [6.07, 6.45) is 1.71. The molecule has 0 saturated carbocycles. The Labute approximate surface area is 106 Å². The minimum atomic E-state index is -0.469. The number of benzene rings is 1. The van der Waals surface area contributed by atoms with Crippen molar-refractivity contribution in [3.63, 3.8) is 0 Å². The molecule has 5 heteroatoms. The van der Waals surface area contributed by atoms with Crippen molar-refractivity contribution in [2.45, 2.75) is 4.82 Å². The van der Waals surface area contributed by atoms with Gasteiger partial charge in [0.05, 0.1) is 0 Å². The fourth-order valence-electron chi connectivity index (χ4n) is 1.31. The van der Waals surface area contributed by atoms with Gasteiger partial charge in [-0.25, -0.2) is 0 Å². The molecule has 88 valence electrons. The number of carbonyl (C=O) groups excluding carboxylic acids is 1. The number of phenols is 1. The van der Waals surface area contributed by atoms with Crippen molar-refractivity contribution in [3.05, 3.63) is 29.8 Å². The number of nitrogens with zero attached hydrogens (tertiary/aromatic N) is 2. The predicted molar refractivity (Wildman–Crippen MR) is 65.7 cm³/mol. The maximum absolute atomic E-state index is 12.1. The molecule has 17 heavy (non-hydrogen) atoms. The van der Waals surface area contributed by atoms with Crippen LogP contribution in [0, 0.1) is 10.2 Å². The van der Waals surface area contributed by atoms with Crippen LogP contribution in [0.2, 0.25) is 4.82 Å². The van der Waals surface area contributed by atoms with Crippen LogP contribution in [0.1, 0.15) is 10.4 Å². The first-order valence-corrected chi connectivity index (χ1v) is 6.79. The fraction of sp³-hybridized carbons (Fsp3) is 0.250. The summed E-state index contributed by atoms with van der Waals surface area (Å²) >= 11 is -0.469. The molecule has 0 bridgehead atoms. The standard InChI is InChI=1S/C12H12N2O2Se/c1-14(2)7-11(17-8-13)12(16)9-5-3-4-6-10(9)15/h3-7,11H,1-2H3/p+1. The fourth-order valence-corrected chi connectivity index (χ4v) is 2.68. The van der Waals surface area contributed by atoms with Gasteiger partial charge in [0.2, 0.25) is 0 Å². The summed E-state index contributed by atoms with van der Waals surface area (Å²) in [6.45, 7) is 0. The molecule has 1 aromatic rings. The second kappa shape index (κ2) is 6.19. The Kier molecular flexibility index (Phi) is 4.89. The van der Waals surface area contributed by atoms with Crippen molar-refractivity contribution in [1.29, 1.82) is 5.26 Å². The van der Waals surface area contributed by atoms with Crippen LogP contribution < -0.4 is 0 Å². The summed E-state index contributed by atoms with van der Waals surface area (Å²) in [5, 5.41) is 18.3. The molecular formula is C12H13N2O2Se+. The van der Waals surface area contributed by atoms with Gasteiger partial charge in [0.25, 0.3) is 0 Å². The molecule has 0 amide bonds. The van der Waals surface area contributed by atoms with E-state index < -0.39 is 19.8 Å². The predicted octanol–water partition coefficient (Wildman–Crippen LogP) is 0.892. The van der Waals surface area contributed by atoms with Crippen LogP contribution in [0.3, 0.4) is 0 Å². The molecule has 0 aliphatic heterocycles. The molecule has 1 atom stereocenters. The molecular weight excluding hydrogens is 283 g/mol. The summed E-state index contributed by atoms with van der Waals surface area (Å²) in [7, 11) is 3.61. The molecule has 0 aliphatic rings. The van der Waals surface area contributed by atoms with E-state index in [4.69, 9.17) is 5.26 Å². The second-order valence-corrected chi connectivity index (χ2v) is 5.57. The van der Waals surface area contributed by atoms with Crippen LogP contribution in [-0.4, -0.2) is 50.7 Å². The van der Waals surface area contributed by atoms with Crippen molar-refractivity contribution >= 4 is 27.0 Å². The van der Waals surface area contributed by atoms with Crippen LogP contribution in [0.4, 0.5) is 0 Å². The second-order valence-electron chi connectivity index (χ2n) is 3.62. The van der Waals surface area contributed by atoms with E-state index in [0.717, 1.165) is 0 Å². The number of ketones is 1. The molecule has 0 spiro atoms. The van der Waals surface area contributed by atoms with Crippen LogP contribution in [0.15, 0.2) is 24.3 Å². The number of Topliss-reactive ketones (excluding diaryl/α,β-unsaturated/α-hetero) is 1. The molecule has 1 N–H and O–H groups in total. The average Bonchev–Trinajstić information content (AvgIpc) is 2.28. The topological polar surface area (TPSA) is 64.1 Å². The third-order valence-corrected chi connectivity index (χ3v) is 3.50. The minimum absolute atomic E-state index is 0.0385. The summed E-state index contributed by atoms with van der Waals surface area (Å²) in [5.41, 5.74) is 0.271. The van der Waals surface area contributed by atoms with E-state index in [0.29, 0.717) is 0 Å². The number of phenolic OH excluding ortho intramolecular Hbond substituents is 1. The summed E-state index contributed by atoms with van der Waals surface area (Å²) in [6, 6.07) is 6.40. The zero-order chi connectivity index (χ0) is 12.8. The summed E-state index contributed by atoms with van der Waals surface area (Å²) in [5.74, 6) is -0.248. The number of para-hydroxylation sites is 1. The number of hydrogen-bond donors (Lipinski definition) is 1. The Balaban J connectivity index is 3.05. The van der Waals surface area contributed by atoms with Gasteiger partial charge in [-0.05, 0) is 0 Å². The Bertz CT molecular complexity index is 488. The monoisotopic (exact) mass is 297 g/mol. The van der Waals surface area contributed by atoms with Gasteiger partial charge in [0, 0.05) is 0 Å². The molecule has 0 saturated heterocycles. The third-order valence-electron chi connectivity index (χ3n) is 2.04. The molecule has 4 nitrogen and oxygen atoms in total. The quantitative estimate of drug-likeness (QED) is 0.388. The molecule has 0 fully saturated rings. The van der Waals surface area contributed by atoms with Crippen molar-refractivity contribution in [2.24, 2.45) is 0 Å². The first kappa shape index (κ1) is 13.4. The van der Waals surface area contributed by atoms with Gasteiger partial charge in [0.15, 0.2) is 0 Å². The van der Waals surface area contributed by atoms with E-state index in [1.54, 1.807) is 43.1 Å². The van der Waals surface area contributed by atoms with E-state index in [1.165, 1.54) is 6.07 Å². The SMILES string of the molecule is C[N+](C)=CC([Se]C#N)C(=O)c1ccccc1O. The number of carbonyl (C=O) groups is 1. The first-order valence-electron chi connectivity index (χ1n) is 4.94. The average molecular weight is 296 g/mol. The van der Waals surface area contributed by atoms with Crippen molar-refractivity contribution in [2.75, 3.05) is 14.1 Å². The first-order chi connectivity index (χ1) is 8.06. The van der Waals surface area contributed by atoms with Gasteiger partial charge in [-0.2, -0.15) is 0 Å². The molecule has 1 rings (SSSR count). The summed E-state index contributed by atoms with van der Waals surface area (Å²) < 4.78 is 1.75. The van der Waals surface area contributed by atoms with Gasteiger partial charge < -0.3 is 0 Å². The van der Waals surface area contributed by atoms with E-state index in [9.17, 15) is 9.90 Å². The molecule has 0 radical (unpaired) electrons. The van der Waals surface area contributed by atoms with E-state index in [1.807, 2.05) is 4.97 Å². The normalized spacial score (nSPS) is 11.4. The van der Waals surface area contributed by atoms with Crippen molar-refractivity contribution < 1.29 is 14.5 Å². The van der Waals surface area contributed by atoms with Gasteiger partial charge in [-0.1, -0.05) is 0 Å². The Morgan fingerprint density at radius 1 is 1.53 bits per heavy atom. The third kappa shape index (κ3) is 3.70. The summed E-state index contributed by atoms with van der Waals surface area (Å²) in [4.78, 5) is 13.7. The van der Waals surface area contributed by atoms with E-state index in [-0.39, 0.29) is 17.1 Å². The van der Waals surface area contributed by atoms with Gasteiger partial charge >= 0.3 is 106 Å². The molecule has 0 heterocycles. The van der Waals surface area contributed by atoms with Gasteiger partial charge in [-0.15, -0.1) is 0 Å². The van der Waals surface area contributed by atoms with Gasteiger partial charge in [0.1, 0.15) is 0 Å². The molecule has 0 aliphatic carbocycles. The Morgan fingerprint density at radius 3 is 2.71 bits per heavy atom. The van der Waals surface area contributed by atoms with Crippen LogP contribution in [0.5, 0.6) is 5.75 Å². The van der Waals surface area contributed by atoms with E-state index >= 15 is 0 Å². The number of rotatable bonds is 4. The Morgan fingerprint density at radius 2 is 2.18 bits per heavy atom. The van der Waals surface area contributed by atoms with Crippen LogP contribution >= 0.6 is 0 Å².